The van der Waals surface area contributed by atoms with Crippen LogP contribution in [0, 0.1) is 0 Å². The molecule has 1 heterocycles. The van der Waals surface area contributed by atoms with Gasteiger partial charge in [-0.2, -0.15) is 0 Å². The molecule has 1 aliphatic rings. The number of hydrogen-bond acceptors (Lipinski definition) is 5. The lowest BCUT2D eigenvalue weighted by Gasteiger charge is -2.35. The van der Waals surface area contributed by atoms with Crippen molar-refractivity contribution >= 4 is 14.3 Å². The summed E-state index contributed by atoms with van der Waals surface area (Å²) in [4.78, 5) is 11.5. The van der Waals surface area contributed by atoms with Crippen LogP contribution in [-0.2, 0) is 18.7 Å². The van der Waals surface area contributed by atoms with Gasteiger partial charge in [-0.15, -0.1) is 0 Å². The Morgan fingerprint density at radius 1 is 1.42 bits per heavy atom. The summed E-state index contributed by atoms with van der Waals surface area (Å²) < 4.78 is 17.0. The number of aliphatic hydroxyl groups is 1. The summed E-state index contributed by atoms with van der Waals surface area (Å²) in [6.45, 7) is 16.0. The molecule has 1 aliphatic heterocycles. The van der Waals surface area contributed by atoms with Crippen LogP contribution in [0.3, 0.4) is 0 Å². The molecule has 1 saturated heterocycles. The number of carbonyl (C=O) groups excluding carboxylic acids is 1. The summed E-state index contributed by atoms with van der Waals surface area (Å²) in [5, 5.41) is 10.6. The zero-order chi connectivity index (χ0) is 20.0. The molecule has 0 bridgehead atoms. The van der Waals surface area contributed by atoms with Crippen molar-refractivity contribution in [3.05, 3.63) is 23.8 Å². The first-order valence-electron chi connectivity index (χ1n) is 9.41. The fraction of sp³-hybridized carbons (Fsp3) is 0.750. The van der Waals surface area contributed by atoms with Gasteiger partial charge in [-0.1, -0.05) is 26.8 Å². The van der Waals surface area contributed by atoms with E-state index in [1.807, 2.05) is 0 Å². The number of aliphatic hydroxyl groups excluding tert-OH is 1. The van der Waals surface area contributed by atoms with Crippen LogP contribution in [0.1, 0.15) is 47.5 Å². The summed E-state index contributed by atoms with van der Waals surface area (Å²) in [5.74, 6) is -0.424. The first-order valence-corrected chi connectivity index (χ1v) is 12.3. The van der Waals surface area contributed by atoms with Crippen LogP contribution in [0.4, 0.5) is 0 Å². The molecule has 5 nitrogen and oxygen atoms in total. The van der Waals surface area contributed by atoms with Crippen molar-refractivity contribution in [3.63, 3.8) is 0 Å². The predicted octanol–water partition coefficient (Wildman–Crippen LogP) is 3.98. The fourth-order valence-electron chi connectivity index (χ4n) is 2.35. The highest BCUT2D eigenvalue weighted by Crippen LogP contribution is 2.36. The molecule has 1 rings (SSSR count). The lowest BCUT2D eigenvalue weighted by molar-refractivity contribution is -0.137. The second-order valence-electron chi connectivity index (χ2n) is 8.55. The lowest BCUT2D eigenvalue weighted by Crippen LogP contribution is -2.40. The van der Waals surface area contributed by atoms with Crippen molar-refractivity contribution in [2.75, 3.05) is 19.8 Å². The fourth-order valence-corrected chi connectivity index (χ4v) is 3.29. The third-order valence-electron chi connectivity index (χ3n) is 5.43. The Morgan fingerprint density at radius 3 is 2.65 bits per heavy atom. The van der Waals surface area contributed by atoms with Gasteiger partial charge < -0.3 is 19.0 Å². The normalized spacial score (nSPS) is 26.9. The maximum atomic E-state index is 11.5. The molecule has 0 aliphatic carbocycles. The summed E-state index contributed by atoms with van der Waals surface area (Å²) in [6, 6.07) is 0. The van der Waals surface area contributed by atoms with Crippen LogP contribution in [0.5, 0.6) is 0 Å². The third-order valence-corrected chi connectivity index (χ3v) is 9.93. The molecular formula is C20H36O5Si. The monoisotopic (exact) mass is 384 g/mol. The molecule has 150 valence electrons. The van der Waals surface area contributed by atoms with Crippen molar-refractivity contribution in [1.29, 1.82) is 0 Å². The summed E-state index contributed by atoms with van der Waals surface area (Å²) in [6.07, 6.45) is 5.67. The number of ether oxygens (including phenoxy) is 2. The molecular weight excluding hydrogens is 348 g/mol. The Balaban J connectivity index is 2.69. The van der Waals surface area contributed by atoms with Crippen molar-refractivity contribution in [3.8, 4) is 0 Å². The van der Waals surface area contributed by atoms with E-state index in [4.69, 9.17) is 13.9 Å². The summed E-state index contributed by atoms with van der Waals surface area (Å²) >= 11 is 0. The van der Waals surface area contributed by atoms with Gasteiger partial charge in [-0.3, -0.25) is 0 Å². The van der Waals surface area contributed by atoms with Crippen LogP contribution in [0.15, 0.2) is 23.8 Å². The average Bonchev–Trinajstić information content (AvgIpc) is 2.66. The smallest absolute Gasteiger partial charge is 0.330 e. The van der Waals surface area contributed by atoms with Gasteiger partial charge in [-0.05, 0) is 56.5 Å². The molecule has 26 heavy (non-hydrogen) atoms. The highest BCUT2D eigenvalue weighted by molar-refractivity contribution is 6.74. The molecule has 1 fully saturated rings. The van der Waals surface area contributed by atoms with E-state index in [1.54, 1.807) is 19.9 Å². The predicted molar refractivity (Wildman–Crippen MR) is 107 cm³/mol. The van der Waals surface area contributed by atoms with Crippen LogP contribution >= 0.6 is 0 Å². The van der Waals surface area contributed by atoms with E-state index in [-0.39, 0.29) is 5.04 Å². The summed E-state index contributed by atoms with van der Waals surface area (Å²) in [5.41, 5.74) is 0.221. The second-order valence-corrected chi connectivity index (χ2v) is 13.4. The van der Waals surface area contributed by atoms with Crippen LogP contribution < -0.4 is 0 Å². The SMILES string of the molecule is CCOC(=O)/C=C/[C@]1(C)OC/C(=C/CO[Si](C)(C)C(C)(C)C)CC[C@H]1O. The molecule has 0 radical (unpaired) electrons. The molecule has 6 heteroatoms. The van der Waals surface area contributed by atoms with Crippen molar-refractivity contribution in [2.45, 2.75) is 77.3 Å². The molecule has 0 unspecified atom stereocenters. The van der Waals surface area contributed by atoms with E-state index in [9.17, 15) is 9.90 Å². The minimum absolute atomic E-state index is 0.179. The molecule has 0 amide bonds. The third kappa shape index (κ3) is 6.65. The molecule has 0 aromatic carbocycles. The van der Waals surface area contributed by atoms with Gasteiger partial charge in [0, 0.05) is 6.08 Å². The first kappa shape index (κ1) is 23.1. The summed E-state index contributed by atoms with van der Waals surface area (Å²) in [7, 11) is -1.77. The standard InChI is InChI=1S/C20H36O5Si/c1-8-23-18(22)11-13-20(5)17(21)10-9-16(15-24-20)12-14-25-26(6,7)19(2,3)4/h11-13,17,21H,8-10,14-15H2,1-7H3/b13-11+,16-12+/t17-,20+/m1/s1. The largest absolute Gasteiger partial charge is 0.463 e. The van der Waals surface area contributed by atoms with Gasteiger partial charge in [0.2, 0.25) is 0 Å². The minimum Gasteiger partial charge on any atom is -0.463 e. The first-order chi connectivity index (χ1) is 11.9. The topological polar surface area (TPSA) is 65.0 Å². The van der Waals surface area contributed by atoms with Crippen LogP contribution in [0.2, 0.25) is 18.1 Å². The number of hydrogen-bond donors (Lipinski definition) is 1. The molecule has 0 spiro atoms. The number of carbonyl (C=O) groups is 1. The van der Waals surface area contributed by atoms with Crippen molar-refractivity contribution in [2.24, 2.45) is 0 Å². The second kappa shape index (κ2) is 9.31. The van der Waals surface area contributed by atoms with Gasteiger partial charge in [0.1, 0.15) is 5.60 Å². The van der Waals surface area contributed by atoms with Gasteiger partial charge in [-0.25, -0.2) is 4.79 Å². The average molecular weight is 385 g/mol. The zero-order valence-electron chi connectivity index (χ0n) is 17.4. The Morgan fingerprint density at radius 2 is 2.08 bits per heavy atom. The Hall–Kier alpha value is -0.953. The lowest BCUT2D eigenvalue weighted by atomic mass is 9.94. The van der Waals surface area contributed by atoms with Gasteiger partial charge in [0.25, 0.3) is 0 Å². The molecule has 2 atom stereocenters. The maximum absolute atomic E-state index is 11.5. The maximum Gasteiger partial charge on any atom is 0.330 e. The van der Waals surface area contributed by atoms with Crippen molar-refractivity contribution < 1.29 is 23.8 Å². The zero-order valence-corrected chi connectivity index (χ0v) is 18.4. The van der Waals surface area contributed by atoms with E-state index >= 15 is 0 Å². The van der Waals surface area contributed by atoms with Gasteiger partial charge in [0.15, 0.2) is 8.32 Å². The Bertz CT molecular complexity index is 533. The van der Waals surface area contributed by atoms with Crippen molar-refractivity contribution in [1.82, 2.24) is 0 Å². The van der Waals surface area contributed by atoms with Crippen LogP contribution in [-0.4, -0.2) is 50.9 Å². The number of rotatable bonds is 6. The highest BCUT2D eigenvalue weighted by Gasteiger charge is 2.37. The Kier molecular flexibility index (Phi) is 8.26. The van der Waals surface area contributed by atoms with E-state index in [0.717, 1.165) is 12.0 Å². The van der Waals surface area contributed by atoms with E-state index < -0.39 is 26.0 Å². The van der Waals surface area contributed by atoms with Gasteiger partial charge in [0.05, 0.1) is 25.9 Å². The van der Waals surface area contributed by atoms with E-state index in [2.05, 4.69) is 39.9 Å². The minimum atomic E-state index is -1.77. The van der Waals surface area contributed by atoms with Gasteiger partial charge >= 0.3 is 5.97 Å². The molecule has 0 aromatic heterocycles. The molecule has 0 aromatic rings. The van der Waals surface area contributed by atoms with E-state index in [0.29, 0.717) is 26.2 Å². The Labute approximate surface area is 159 Å². The number of esters is 1. The highest BCUT2D eigenvalue weighted by atomic mass is 28.4. The van der Waals surface area contributed by atoms with E-state index in [1.165, 1.54) is 6.08 Å². The molecule has 1 N–H and O–H groups in total. The van der Waals surface area contributed by atoms with Crippen LogP contribution in [0.25, 0.3) is 0 Å². The molecule has 0 saturated carbocycles. The quantitative estimate of drug-likeness (QED) is 0.325.